The maximum absolute atomic E-state index is 10.8. The molecule has 0 spiro atoms. The Kier molecular flexibility index (Phi) is 4.51. The number of nitrogens with one attached hydrogen (secondary N) is 1. The minimum Gasteiger partial charge on any atom is -0.476 e. The second kappa shape index (κ2) is 6.33. The van der Waals surface area contributed by atoms with Gasteiger partial charge in [-0.15, -0.1) is 0 Å². The molecule has 1 N–H and O–H groups in total. The van der Waals surface area contributed by atoms with Gasteiger partial charge in [0.1, 0.15) is 12.4 Å². The average molecular weight is 266 g/mol. The van der Waals surface area contributed by atoms with Gasteiger partial charge < -0.3 is 10.1 Å². The van der Waals surface area contributed by atoms with Crippen LogP contribution < -0.4 is 10.1 Å². The molecule has 0 amide bonds. The molecule has 0 radical (unpaired) electrons. The van der Waals surface area contributed by atoms with Crippen LogP contribution in [0, 0.1) is 10.1 Å². The topological polar surface area (TPSA) is 80.5 Å². The molecular weight excluding hydrogens is 248 g/mol. The third-order valence-electron chi connectivity index (χ3n) is 3.11. The van der Waals surface area contributed by atoms with Crippen molar-refractivity contribution >= 4 is 11.5 Å². The van der Waals surface area contributed by atoms with Gasteiger partial charge in [-0.2, -0.15) is 4.98 Å². The minimum absolute atomic E-state index is 0.0180. The number of hydrogen-bond acceptors (Lipinski definition) is 6. The van der Waals surface area contributed by atoms with Crippen molar-refractivity contribution in [1.29, 1.82) is 0 Å². The van der Waals surface area contributed by atoms with Gasteiger partial charge in [0.05, 0.1) is 17.1 Å². The number of pyridine rings is 1. The smallest absolute Gasteiger partial charge is 0.278 e. The van der Waals surface area contributed by atoms with E-state index in [0.717, 1.165) is 19.6 Å². The Morgan fingerprint density at radius 1 is 1.47 bits per heavy atom. The zero-order chi connectivity index (χ0) is 13.7. The summed E-state index contributed by atoms with van der Waals surface area (Å²) < 4.78 is 5.50. The van der Waals surface area contributed by atoms with Crippen molar-refractivity contribution in [1.82, 2.24) is 9.88 Å². The number of likely N-dealkylation sites (tertiary alicyclic amines) is 1. The summed E-state index contributed by atoms with van der Waals surface area (Å²) in [5.41, 5.74) is -0.0180. The monoisotopic (exact) mass is 266 g/mol. The lowest BCUT2D eigenvalue weighted by atomic mass is 10.4. The number of anilines is 1. The lowest BCUT2D eigenvalue weighted by molar-refractivity contribution is -0.384. The van der Waals surface area contributed by atoms with Crippen molar-refractivity contribution in [2.24, 2.45) is 0 Å². The van der Waals surface area contributed by atoms with Crippen LogP contribution in [-0.2, 0) is 0 Å². The first kappa shape index (κ1) is 13.5. The van der Waals surface area contributed by atoms with Crippen molar-refractivity contribution in [3.63, 3.8) is 0 Å². The van der Waals surface area contributed by atoms with E-state index in [1.165, 1.54) is 25.0 Å². The first-order valence-electron chi connectivity index (χ1n) is 6.38. The zero-order valence-electron chi connectivity index (χ0n) is 11.0. The molecule has 2 rings (SSSR count). The van der Waals surface area contributed by atoms with Crippen LogP contribution in [0.4, 0.5) is 11.5 Å². The molecule has 0 unspecified atom stereocenters. The molecule has 2 heterocycles. The Morgan fingerprint density at radius 3 is 2.84 bits per heavy atom. The average Bonchev–Trinajstić information content (AvgIpc) is 2.91. The van der Waals surface area contributed by atoms with Crippen molar-refractivity contribution in [2.45, 2.75) is 12.8 Å². The summed E-state index contributed by atoms with van der Waals surface area (Å²) >= 11 is 0. The highest BCUT2D eigenvalue weighted by molar-refractivity contribution is 5.47. The van der Waals surface area contributed by atoms with Gasteiger partial charge in [-0.3, -0.25) is 15.0 Å². The summed E-state index contributed by atoms with van der Waals surface area (Å²) in [5.74, 6) is 0.725. The molecule has 7 nitrogen and oxygen atoms in total. The second-order valence-electron chi connectivity index (χ2n) is 4.45. The molecule has 104 valence electrons. The summed E-state index contributed by atoms with van der Waals surface area (Å²) in [7, 11) is 1.67. The standard InChI is InChI=1S/C12H18N4O3/c1-13-11-8-10(16(17)18)9-12(14-11)19-7-6-15-4-2-3-5-15/h8-9H,2-7H2,1H3,(H,13,14). The number of aromatic nitrogens is 1. The van der Waals surface area contributed by atoms with Crippen LogP contribution in [0.1, 0.15) is 12.8 Å². The van der Waals surface area contributed by atoms with E-state index in [2.05, 4.69) is 15.2 Å². The van der Waals surface area contributed by atoms with Crippen LogP contribution in [0.25, 0.3) is 0 Å². The number of ether oxygens (including phenoxy) is 1. The van der Waals surface area contributed by atoms with Gasteiger partial charge in [0.25, 0.3) is 5.69 Å². The highest BCUT2D eigenvalue weighted by Crippen LogP contribution is 2.21. The predicted octanol–water partition coefficient (Wildman–Crippen LogP) is 1.51. The van der Waals surface area contributed by atoms with Crippen LogP contribution in [-0.4, -0.2) is 48.1 Å². The molecule has 1 fully saturated rings. The van der Waals surface area contributed by atoms with Crippen molar-refractivity contribution in [2.75, 3.05) is 38.6 Å². The van der Waals surface area contributed by atoms with Gasteiger partial charge in [-0.25, -0.2) is 0 Å². The quantitative estimate of drug-likeness (QED) is 0.621. The minimum atomic E-state index is -0.449. The molecule has 0 bridgehead atoms. The van der Waals surface area contributed by atoms with Crippen LogP contribution in [0.15, 0.2) is 12.1 Å². The van der Waals surface area contributed by atoms with Gasteiger partial charge in [0, 0.05) is 13.6 Å². The lowest BCUT2D eigenvalue weighted by Gasteiger charge is -2.14. The highest BCUT2D eigenvalue weighted by Gasteiger charge is 2.13. The normalized spacial score (nSPS) is 15.4. The van der Waals surface area contributed by atoms with Crippen molar-refractivity contribution < 1.29 is 9.66 Å². The third-order valence-corrected chi connectivity index (χ3v) is 3.11. The number of nitrogens with zero attached hydrogens (tertiary/aromatic N) is 3. The van der Waals surface area contributed by atoms with E-state index in [9.17, 15) is 10.1 Å². The Bertz CT molecular complexity index is 447. The fourth-order valence-corrected chi connectivity index (χ4v) is 2.08. The second-order valence-corrected chi connectivity index (χ2v) is 4.45. The van der Waals surface area contributed by atoms with E-state index in [0.29, 0.717) is 12.4 Å². The maximum Gasteiger partial charge on any atom is 0.278 e. The summed E-state index contributed by atoms with van der Waals surface area (Å²) in [6.07, 6.45) is 2.47. The fraction of sp³-hybridized carbons (Fsp3) is 0.583. The molecule has 7 heteroatoms. The molecule has 1 saturated heterocycles. The molecule has 1 aliphatic heterocycles. The number of hydrogen-bond donors (Lipinski definition) is 1. The van der Waals surface area contributed by atoms with Crippen molar-refractivity contribution in [3.8, 4) is 5.88 Å². The van der Waals surface area contributed by atoms with Crippen LogP contribution in [0.5, 0.6) is 5.88 Å². The van der Waals surface area contributed by atoms with E-state index >= 15 is 0 Å². The van der Waals surface area contributed by atoms with Crippen LogP contribution in [0.2, 0.25) is 0 Å². The van der Waals surface area contributed by atoms with Gasteiger partial charge in [-0.1, -0.05) is 0 Å². The fourth-order valence-electron chi connectivity index (χ4n) is 2.08. The van der Waals surface area contributed by atoms with E-state index in [1.54, 1.807) is 7.05 Å². The van der Waals surface area contributed by atoms with E-state index < -0.39 is 4.92 Å². The van der Waals surface area contributed by atoms with Gasteiger partial charge in [0.2, 0.25) is 5.88 Å². The molecule has 0 saturated carbocycles. The summed E-state index contributed by atoms with van der Waals surface area (Å²) in [4.78, 5) is 16.8. The van der Waals surface area contributed by atoms with Gasteiger partial charge in [-0.05, 0) is 25.9 Å². The molecule has 0 aromatic carbocycles. The first-order valence-corrected chi connectivity index (χ1v) is 6.38. The zero-order valence-corrected chi connectivity index (χ0v) is 11.0. The Labute approximate surface area is 111 Å². The van der Waals surface area contributed by atoms with E-state index in [4.69, 9.17) is 4.74 Å². The molecule has 1 aromatic rings. The Morgan fingerprint density at radius 2 is 2.21 bits per heavy atom. The Hall–Kier alpha value is -1.89. The van der Waals surface area contributed by atoms with Gasteiger partial charge >= 0.3 is 0 Å². The lowest BCUT2D eigenvalue weighted by Crippen LogP contribution is -2.25. The molecular formula is C12H18N4O3. The van der Waals surface area contributed by atoms with Gasteiger partial charge in [0.15, 0.2) is 0 Å². The maximum atomic E-state index is 10.8. The largest absolute Gasteiger partial charge is 0.476 e. The van der Waals surface area contributed by atoms with Crippen molar-refractivity contribution in [3.05, 3.63) is 22.2 Å². The molecule has 19 heavy (non-hydrogen) atoms. The summed E-state index contributed by atoms with van der Waals surface area (Å²) in [6.45, 7) is 3.54. The summed E-state index contributed by atoms with van der Waals surface area (Å²) in [5, 5.41) is 13.6. The van der Waals surface area contributed by atoms with Crippen LogP contribution >= 0.6 is 0 Å². The molecule has 1 aliphatic rings. The molecule has 1 aromatic heterocycles. The highest BCUT2D eigenvalue weighted by atomic mass is 16.6. The number of rotatable bonds is 6. The number of nitro groups is 1. The van der Waals surface area contributed by atoms with E-state index in [-0.39, 0.29) is 11.6 Å². The molecule has 0 atom stereocenters. The molecule has 0 aliphatic carbocycles. The van der Waals surface area contributed by atoms with Crippen LogP contribution in [0.3, 0.4) is 0 Å². The SMILES string of the molecule is CNc1cc([N+](=O)[O-])cc(OCCN2CCCC2)n1. The Balaban J connectivity index is 1.94. The first-order chi connectivity index (χ1) is 9.19. The summed E-state index contributed by atoms with van der Waals surface area (Å²) in [6, 6.07) is 2.73. The third kappa shape index (κ3) is 3.78. The van der Waals surface area contributed by atoms with E-state index in [1.807, 2.05) is 0 Å². The predicted molar refractivity (Wildman–Crippen MR) is 71.6 cm³/mol.